The minimum Gasteiger partial charge on any atom is -0.480 e. The summed E-state index contributed by atoms with van der Waals surface area (Å²) in [5.41, 5.74) is -1.17. The average Bonchev–Trinajstić information content (AvgIpc) is 2.33. The molecular weight excluding hydrogens is 238 g/mol. The Hall–Kier alpha value is -1.63. The zero-order valence-electron chi connectivity index (χ0n) is 11.0. The van der Waals surface area contributed by atoms with Gasteiger partial charge >= 0.3 is 12.0 Å². The molecule has 0 aromatic rings. The average molecular weight is 259 g/mol. The van der Waals surface area contributed by atoms with Crippen LogP contribution in [0, 0.1) is 0 Å². The largest absolute Gasteiger partial charge is 0.480 e. The fourth-order valence-electron chi connectivity index (χ4n) is 1.08. The Kier molecular flexibility index (Phi) is 6.96. The molecule has 104 valence electrons. The van der Waals surface area contributed by atoms with Crippen LogP contribution in [0.4, 0.5) is 4.79 Å². The summed E-state index contributed by atoms with van der Waals surface area (Å²) in [5.74, 6) is -1.60. The monoisotopic (exact) mass is 259 g/mol. The SMILES string of the molecule is CCCNC(=O)NC(=O)CNC(C)(CC)C(=O)O. The number of hydrogen-bond donors (Lipinski definition) is 4. The van der Waals surface area contributed by atoms with Crippen LogP contribution in [0.25, 0.3) is 0 Å². The third-order valence-electron chi connectivity index (χ3n) is 2.61. The highest BCUT2D eigenvalue weighted by molar-refractivity contribution is 5.95. The first-order valence-corrected chi connectivity index (χ1v) is 5.91. The van der Waals surface area contributed by atoms with Gasteiger partial charge in [0.05, 0.1) is 6.54 Å². The Morgan fingerprint density at radius 2 is 1.83 bits per heavy atom. The van der Waals surface area contributed by atoms with Crippen LogP contribution in [0.15, 0.2) is 0 Å². The quantitative estimate of drug-likeness (QED) is 0.517. The summed E-state index contributed by atoms with van der Waals surface area (Å²) in [4.78, 5) is 33.5. The summed E-state index contributed by atoms with van der Waals surface area (Å²) in [5, 5.41) is 16.2. The number of amides is 3. The molecule has 0 heterocycles. The molecule has 18 heavy (non-hydrogen) atoms. The van der Waals surface area contributed by atoms with Gasteiger partial charge in [-0.15, -0.1) is 0 Å². The molecule has 4 N–H and O–H groups in total. The molecule has 1 atom stereocenters. The molecule has 0 aliphatic heterocycles. The van der Waals surface area contributed by atoms with E-state index in [2.05, 4.69) is 16.0 Å². The van der Waals surface area contributed by atoms with Crippen LogP contribution in [-0.4, -0.2) is 41.6 Å². The van der Waals surface area contributed by atoms with E-state index < -0.39 is 23.4 Å². The van der Waals surface area contributed by atoms with Crippen molar-refractivity contribution in [2.75, 3.05) is 13.1 Å². The first-order valence-electron chi connectivity index (χ1n) is 5.91. The number of aliphatic carboxylic acids is 1. The van der Waals surface area contributed by atoms with E-state index in [4.69, 9.17) is 5.11 Å². The smallest absolute Gasteiger partial charge is 0.323 e. The number of carbonyl (C=O) groups excluding carboxylic acids is 2. The van der Waals surface area contributed by atoms with Gasteiger partial charge in [0.1, 0.15) is 5.54 Å². The Bertz CT molecular complexity index is 319. The van der Waals surface area contributed by atoms with E-state index in [-0.39, 0.29) is 6.54 Å². The van der Waals surface area contributed by atoms with E-state index in [1.807, 2.05) is 6.92 Å². The lowest BCUT2D eigenvalue weighted by atomic mass is 9.99. The lowest BCUT2D eigenvalue weighted by Gasteiger charge is -2.24. The molecule has 0 saturated heterocycles. The van der Waals surface area contributed by atoms with Crippen LogP contribution < -0.4 is 16.0 Å². The lowest BCUT2D eigenvalue weighted by Crippen LogP contribution is -2.53. The highest BCUT2D eigenvalue weighted by atomic mass is 16.4. The number of imide groups is 1. The van der Waals surface area contributed by atoms with Crippen LogP contribution in [0.2, 0.25) is 0 Å². The molecule has 7 heteroatoms. The predicted octanol–water partition coefficient (Wildman–Crippen LogP) is 0.0651. The van der Waals surface area contributed by atoms with E-state index >= 15 is 0 Å². The summed E-state index contributed by atoms with van der Waals surface area (Å²) in [6.07, 6.45) is 1.10. The molecule has 1 unspecified atom stereocenters. The van der Waals surface area contributed by atoms with Gasteiger partial charge in [-0.1, -0.05) is 13.8 Å². The topological polar surface area (TPSA) is 108 Å². The van der Waals surface area contributed by atoms with E-state index in [0.29, 0.717) is 13.0 Å². The van der Waals surface area contributed by atoms with Crippen molar-refractivity contribution in [2.45, 2.75) is 39.2 Å². The molecule has 3 amide bonds. The minimum absolute atomic E-state index is 0.226. The number of nitrogens with one attached hydrogen (secondary N) is 3. The number of carboxylic acids is 1. The van der Waals surface area contributed by atoms with Gasteiger partial charge in [0.15, 0.2) is 0 Å². The second-order valence-corrected chi connectivity index (χ2v) is 4.15. The number of urea groups is 1. The van der Waals surface area contributed by atoms with Crippen molar-refractivity contribution in [3.05, 3.63) is 0 Å². The second kappa shape index (κ2) is 7.65. The fraction of sp³-hybridized carbons (Fsp3) is 0.727. The maximum Gasteiger partial charge on any atom is 0.323 e. The number of rotatable bonds is 7. The van der Waals surface area contributed by atoms with Crippen molar-refractivity contribution in [1.29, 1.82) is 0 Å². The van der Waals surface area contributed by atoms with Crippen molar-refractivity contribution in [1.82, 2.24) is 16.0 Å². The Morgan fingerprint density at radius 3 is 2.28 bits per heavy atom. The molecule has 0 saturated carbocycles. The molecule has 0 aromatic carbocycles. The maximum absolute atomic E-state index is 11.4. The van der Waals surface area contributed by atoms with Gasteiger partial charge in [-0.05, 0) is 19.8 Å². The molecule has 0 radical (unpaired) electrons. The van der Waals surface area contributed by atoms with Gasteiger partial charge in [0, 0.05) is 6.54 Å². The van der Waals surface area contributed by atoms with Gasteiger partial charge in [0.25, 0.3) is 0 Å². The van der Waals surface area contributed by atoms with E-state index in [9.17, 15) is 14.4 Å². The molecule has 7 nitrogen and oxygen atoms in total. The summed E-state index contributed by atoms with van der Waals surface area (Å²) in [6.45, 7) is 5.33. The predicted molar refractivity (Wildman–Crippen MR) is 66.2 cm³/mol. The molecule has 0 spiro atoms. The van der Waals surface area contributed by atoms with Crippen LogP contribution in [-0.2, 0) is 9.59 Å². The van der Waals surface area contributed by atoms with Crippen LogP contribution in [0.1, 0.15) is 33.6 Å². The first kappa shape index (κ1) is 16.4. The van der Waals surface area contributed by atoms with E-state index in [0.717, 1.165) is 6.42 Å². The Morgan fingerprint density at radius 1 is 1.22 bits per heavy atom. The summed E-state index contributed by atoms with van der Waals surface area (Å²) in [6, 6.07) is -0.572. The van der Waals surface area contributed by atoms with Crippen LogP contribution >= 0.6 is 0 Å². The highest BCUT2D eigenvalue weighted by Crippen LogP contribution is 2.08. The molecule has 0 rings (SSSR count). The molecule has 0 aliphatic rings. The van der Waals surface area contributed by atoms with Crippen molar-refractivity contribution in [3.63, 3.8) is 0 Å². The van der Waals surface area contributed by atoms with E-state index in [1.165, 1.54) is 6.92 Å². The zero-order chi connectivity index (χ0) is 14.2. The summed E-state index contributed by atoms with van der Waals surface area (Å²) in [7, 11) is 0. The summed E-state index contributed by atoms with van der Waals surface area (Å²) >= 11 is 0. The van der Waals surface area contributed by atoms with Crippen molar-refractivity contribution in [2.24, 2.45) is 0 Å². The third-order valence-corrected chi connectivity index (χ3v) is 2.61. The highest BCUT2D eigenvalue weighted by Gasteiger charge is 2.30. The number of carboxylic acid groups (broad SMARTS) is 1. The Labute approximate surface area is 106 Å². The summed E-state index contributed by atoms with van der Waals surface area (Å²) < 4.78 is 0. The maximum atomic E-state index is 11.4. The number of carbonyl (C=O) groups is 3. The third kappa shape index (κ3) is 5.62. The Balaban J connectivity index is 4.10. The normalized spacial score (nSPS) is 13.5. The van der Waals surface area contributed by atoms with E-state index in [1.54, 1.807) is 6.92 Å². The van der Waals surface area contributed by atoms with Gasteiger partial charge in [-0.25, -0.2) is 4.79 Å². The fourth-order valence-corrected chi connectivity index (χ4v) is 1.08. The van der Waals surface area contributed by atoms with Crippen molar-refractivity contribution in [3.8, 4) is 0 Å². The van der Waals surface area contributed by atoms with Gasteiger partial charge in [-0.3, -0.25) is 20.2 Å². The molecule has 0 fully saturated rings. The number of hydrogen-bond acceptors (Lipinski definition) is 4. The molecule has 0 aliphatic carbocycles. The molecule has 0 bridgehead atoms. The standard InChI is InChI=1S/C11H21N3O4/c1-4-6-12-10(18)14-8(15)7-13-11(3,5-2)9(16)17/h13H,4-7H2,1-3H3,(H,16,17)(H2,12,14,15,18). The van der Waals surface area contributed by atoms with Gasteiger partial charge in [0.2, 0.25) is 5.91 Å². The lowest BCUT2D eigenvalue weighted by molar-refractivity contribution is -0.144. The van der Waals surface area contributed by atoms with Gasteiger partial charge in [-0.2, -0.15) is 0 Å². The minimum atomic E-state index is -1.17. The van der Waals surface area contributed by atoms with Crippen LogP contribution in [0.3, 0.4) is 0 Å². The van der Waals surface area contributed by atoms with Crippen LogP contribution in [0.5, 0.6) is 0 Å². The van der Waals surface area contributed by atoms with Crippen molar-refractivity contribution >= 4 is 17.9 Å². The molecule has 0 aromatic heterocycles. The van der Waals surface area contributed by atoms with Crippen molar-refractivity contribution < 1.29 is 19.5 Å². The van der Waals surface area contributed by atoms with Gasteiger partial charge < -0.3 is 10.4 Å². The first-order chi connectivity index (χ1) is 8.35. The zero-order valence-corrected chi connectivity index (χ0v) is 11.0. The second-order valence-electron chi connectivity index (χ2n) is 4.15. The molecular formula is C11H21N3O4.